The molecule has 0 saturated carbocycles. The summed E-state index contributed by atoms with van der Waals surface area (Å²) in [5.74, 6) is -0.267. The molecule has 1 N–H and O–H groups in total. The summed E-state index contributed by atoms with van der Waals surface area (Å²) in [5.41, 5.74) is 0.484. The normalized spacial score (nSPS) is 18.2. The molecule has 2 heterocycles. The Balaban J connectivity index is 1.66. The molecule has 3 rings (SSSR count). The van der Waals surface area contributed by atoms with Crippen LogP contribution in [0.1, 0.15) is 71.1 Å². The van der Waals surface area contributed by atoms with E-state index < -0.39 is 5.54 Å². The van der Waals surface area contributed by atoms with Crippen molar-refractivity contribution in [2.45, 2.75) is 45.6 Å². The van der Waals surface area contributed by atoms with Gasteiger partial charge in [-0.15, -0.1) is 0 Å². The molecule has 0 radical (unpaired) electrons. The third kappa shape index (κ3) is 3.65. The summed E-state index contributed by atoms with van der Waals surface area (Å²) in [7, 11) is 0. The fourth-order valence-electron chi connectivity index (χ4n) is 3.52. The summed E-state index contributed by atoms with van der Waals surface area (Å²) < 4.78 is 5.34. The van der Waals surface area contributed by atoms with Crippen molar-refractivity contribution < 1.29 is 19.1 Å². The van der Waals surface area contributed by atoms with Crippen LogP contribution >= 0.6 is 0 Å². The minimum Gasteiger partial charge on any atom is -0.381 e. The minimum absolute atomic E-state index is 0.214. The highest BCUT2D eigenvalue weighted by molar-refractivity contribution is 6.22. The number of amides is 3. The van der Waals surface area contributed by atoms with Crippen LogP contribution in [0, 0.1) is 5.92 Å². The number of carbonyl (C=O) groups excluding carboxylic acids is 3. The molecule has 140 valence electrons. The van der Waals surface area contributed by atoms with Crippen LogP contribution in [-0.4, -0.2) is 47.9 Å². The van der Waals surface area contributed by atoms with Gasteiger partial charge in [0.05, 0.1) is 11.1 Å². The van der Waals surface area contributed by atoms with Crippen molar-refractivity contribution in [1.82, 2.24) is 10.2 Å². The van der Waals surface area contributed by atoms with Crippen molar-refractivity contribution in [2.75, 3.05) is 19.8 Å². The van der Waals surface area contributed by atoms with Gasteiger partial charge in [0.2, 0.25) is 0 Å². The van der Waals surface area contributed by atoms with Crippen molar-refractivity contribution >= 4 is 17.7 Å². The molecule has 1 aromatic carbocycles. The molecule has 0 aliphatic carbocycles. The van der Waals surface area contributed by atoms with E-state index in [1.807, 2.05) is 20.8 Å². The van der Waals surface area contributed by atoms with E-state index in [9.17, 15) is 14.4 Å². The van der Waals surface area contributed by atoms with E-state index in [-0.39, 0.29) is 17.7 Å². The average Bonchev–Trinajstić information content (AvgIpc) is 2.86. The molecule has 6 nitrogen and oxygen atoms in total. The van der Waals surface area contributed by atoms with Gasteiger partial charge in [0.25, 0.3) is 17.7 Å². The molecule has 0 spiro atoms. The minimum atomic E-state index is -0.598. The predicted octanol–water partition coefficient (Wildman–Crippen LogP) is 2.63. The zero-order valence-corrected chi connectivity index (χ0v) is 15.6. The second kappa shape index (κ2) is 7.19. The van der Waals surface area contributed by atoms with Crippen LogP contribution in [0.15, 0.2) is 18.2 Å². The van der Waals surface area contributed by atoms with Gasteiger partial charge in [-0.05, 0) is 64.2 Å². The molecule has 1 saturated heterocycles. The van der Waals surface area contributed by atoms with Crippen LogP contribution in [0.4, 0.5) is 0 Å². The molecule has 0 unspecified atom stereocenters. The van der Waals surface area contributed by atoms with Gasteiger partial charge in [0.15, 0.2) is 0 Å². The lowest BCUT2D eigenvalue weighted by Crippen LogP contribution is -2.45. The van der Waals surface area contributed by atoms with E-state index >= 15 is 0 Å². The fraction of sp³-hybridized carbons (Fsp3) is 0.550. The molecule has 3 amide bonds. The first kappa shape index (κ1) is 18.6. The molecule has 0 bridgehead atoms. The van der Waals surface area contributed by atoms with E-state index in [1.165, 1.54) is 11.0 Å². The van der Waals surface area contributed by atoms with Crippen molar-refractivity contribution in [2.24, 2.45) is 5.92 Å². The zero-order chi connectivity index (χ0) is 18.9. The Kier molecular flexibility index (Phi) is 5.14. The van der Waals surface area contributed by atoms with Crippen molar-refractivity contribution in [3.63, 3.8) is 0 Å². The number of benzene rings is 1. The van der Waals surface area contributed by atoms with Crippen molar-refractivity contribution in [1.29, 1.82) is 0 Å². The Hall–Kier alpha value is -2.21. The summed E-state index contributed by atoms with van der Waals surface area (Å²) in [6.45, 7) is 7.64. The number of imide groups is 1. The van der Waals surface area contributed by atoms with Gasteiger partial charge in [0, 0.05) is 30.9 Å². The van der Waals surface area contributed by atoms with Crippen LogP contribution in [0.5, 0.6) is 0 Å². The predicted molar refractivity (Wildman–Crippen MR) is 97.2 cm³/mol. The Morgan fingerprint density at radius 3 is 2.46 bits per heavy atom. The Morgan fingerprint density at radius 1 is 1.15 bits per heavy atom. The molecule has 2 aliphatic rings. The number of hydrogen-bond acceptors (Lipinski definition) is 4. The highest BCUT2D eigenvalue weighted by Crippen LogP contribution is 2.29. The third-order valence-electron chi connectivity index (χ3n) is 5.00. The zero-order valence-electron chi connectivity index (χ0n) is 15.6. The van der Waals surface area contributed by atoms with Crippen molar-refractivity contribution in [3.05, 3.63) is 34.9 Å². The van der Waals surface area contributed by atoms with Gasteiger partial charge in [-0.2, -0.15) is 0 Å². The van der Waals surface area contributed by atoms with Crippen molar-refractivity contribution in [3.8, 4) is 0 Å². The Labute approximate surface area is 153 Å². The number of carbonyl (C=O) groups is 3. The largest absolute Gasteiger partial charge is 0.381 e. The van der Waals surface area contributed by atoms with Crippen LogP contribution in [-0.2, 0) is 4.74 Å². The number of nitrogens with zero attached hydrogens (tertiary/aromatic N) is 1. The highest BCUT2D eigenvalue weighted by Gasteiger charge is 2.42. The van der Waals surface area contributed by atoms with Gasteiger partial charge in [0.1, 0.15) is 0 Å². The summed E-state index contributed by atoms with van der Waals surface area (Å²) in [5, 5.41) is 2.92. The van der Waals surface area contributed by atoms with Gasteiger partial charge in [-0.3, -0.25) is 19.3 Å². The van der Waals surface area contributed by atoms with E-state index in [4.69, 9.17) is 4.74 Å². The van der Waals surface area contributed by atoms with E-state index in [0.29, 0.717) is 29.2 Å². The van der Waals surface area contributed by atoms with Crippen LogP contribution in [0.3, 0.4) is 0 Å². The summed E-state index contributed by atoms with van der Waals surface area (Å²) in [6.07, 6.45) is 3.00. The topological polar surface area (TPSA) is 75.7 Å². The fourth-order valence-corrected chi connectivity index (χ4v) is 3.52. The smallest absolute Gasteiger partial charge is 0.262 e. The molecule has 6 heteroatoms. The molecular formula is C20H26N2O4. The van der Waals surface area contributed by atoms with Crippen LogP contribution in [0.2, 0.25) is 0 Å². The first-order chi connectivity index (χ1) is 12.3. The maximum Gasteiger partial charge on any atom is 0.262 e. The third-order valence-corrected chi connectivity index (χ3v) is 5.00. The molecule has 1 aromatic rings. The van der Waals surface area contributed by atoms with Crippen LogP contribution in [0.25, 0.3) is 0 Å². The summed E-state index contributed by atoms with van der Waals surface area (Å²) in [4.78, 5) is 38.7. The number of ether oxygens (including phenoxy) is 1. The Bertz CT molecular complexity index is 730. The highest BCUT2D eigenvalue weighted by atomic mass is 16.5. The summed E-state index contributed by atoms with van der Waals surface area (Å²) in [6, 6.07) is 4.72. The first-order valence-corrected chi connectivity index (χ1v) is 9.18. The molecule has 0 aromatic heterocycles. The lowest BCUT2D eigenvalue weighted by atomic mass is 9.96. The number of rotatable bonds is 4. The van der Waals surface area contributed by atoms with Gasteiger partial charge in [-0.25, -0.2) is 0 Å². The average molecular weight is 358 g/mol. The molecule has 0 atom stereocenters. The maximum absolute atomic E-state index is 12.6. The van der Waals surface area contributed by atoms with Gasteiger partial charge in [-0.1, -0.05) is 0 Å². The molecule has 1 fully saturated rings. The number of nitrogens with one attached hydrogen (secondary N) is 1. The molecule has 26 heavy (non-hydrogen) atoms. The second-order valence-electron chi connectivity index (χ2n) is 7.98. The van der Waals surface area contributed by atoms with Gasteiger partial charge >= 0.3 is 0 Å². The van der Waals surface area contributed by atoms with Gasteiger partial charge < -0.3 is 10.1 Å². The lowest BCUT2D eigenvalue weighted by Gasteiger charge is -2.29. The standard InChI is InChI=1S/C20H26N2O4/c1-20(2,3)22-18(24)15-5-4-14(12-16(15)19(22)25)17(23)21-9-6-13-7-10-26-11-8-13/h4-5,12-13H,6-11H2,1-3H3,(H,21,23). The number of fused-ring (bicyclic) bond motifs is 1. The number of hydrogen-bond donors (Lipinski definition) is 1. The lowest BCUT2D eigenvalue weighted by molar-refractivity contribution is 0.0507. The SMILES string of the molecule is CC(C)(C)N1C(=O)c2ccc(C(=O)NCCC3CCOCC3)cc2C1=O. The van der Waals surface area contributed by atoms with E-state index in [2.05, 4.69) is 5.32 Å². The van der Waals surface area contributed by atoms with E-state index in [1.54, 1.807) is 12.1 Å². The second-order valence-corrected chi connectivity index (χ2v) is 7.98. The monoisotopic (exact) mass is 358 g/mol. The maximum atomic E-state index is 12.6. The summed E-state index contributed by atoms with van der Waals surface area (Å²) >= 11 is 0. The Morgan fingerprint density at radius 2 is 1.81 bits per heavy atom. The quantitative estimate of drug-likeness (QED) is 0.840. The molecule has 2 aliphatic heterocycles. The van der Waals surface area contributed by atoms with Crippen LogP contribution < -0.4 is 5.32 Å². The molecular weight excluding hydrogens is 332 g/mol. The first-order valence-electron chi connectivity index (χ1n) is 9.18. The van der Waals surface area contributed by atoms with E-state index in [0.717, 1.165) is 32.5 Å².